The summed E-state index contributed by atoms with van der Waals surface area (Å²) in [5.41, 5.74) is 2.00. The number of β-amino-alcohol motifs (C(OH)–C–C–N with tert-alkyl or cyclic N) is 1. The zero-order valence-electron chi connectivity index (χ0n) is 17.3. The van der Waals surface area contributed by atoms with Crippen molar-refractivity contribution < 1.29 is 14.2 Å². The molecule has 0 amide bonds. The number of imidazole rings is 1. The number of aliphatic hydroxyl groups excluding tert-OH is 1. The predicted molar refractivity (Wildman–Crippen MR) is 120 cm³/mol. The molecule has 3 atom stereocenters. The minimum Gasteiger partial charge on any atom is -0.481 e. The van der Waals surface area contributed by atoms with Gasteiger partial charge in [-0.1, -0.05) is 23.2 Å². The highest BCUT2D eigenvalue weighted by Gasteiger charge is 2.42. The van der Waals surface area contributed by atoms with Crippen molar-refractivity contribution >= 4 is 23.2 Å². The zero-order valence-corrected chi connectivity index (χ0v) is 18.9. The highest BCUT2D eigenvalue weighted by molar-refractivity contribution is 6.35. The van der Waals surface area contributed by atoms with Crippen LogP contribution in [0.2, 0.25) is 10.0 Å². The molecule has 1 fully saturated rings. The first-order chi connectivity index (χ1) is 15.3. The van der Waals surface area contributed by atoms with Gasteiger partial charge in [0.15, 0.2) is 11.6 Å². The molecule has 0 unspecified atom stereocenters. The normalized spacial score (nSPS) is 23.0. The molecule has 2 heterocycles. The number of nitrogens with zero attached hydrogens (tertiary/aromatic N) is 3. The molecule has 1 N–H and O–H groups in total. The van der Waals surface area contributed by atoms with E-state index in [-0.39, 0.29) is 17.5 Å². The fourth-order valence-corrected chi connectivity index (χ4v) is 5.26. The molecule has 9 heteroatoms. The largest absolute Gasteiger partial charge is 0.481 e. The molecular formula is C23H22Cl2FN3O3. The minimum absolute atomic E-state index is 0.0388. The predicted octanol–water partition coefficient (Wildman–Crippen LogP) is 3.73. The Morgan fingerprint density at radius 1 is 1.19 bits per heavy atom. The van der Waals surface area contributed by atoms with Gasteiger partial charge < -0.3 is 14.4 Å². The Bertz CT molecular complexity index is 1240. The molecule has 3 aromatic rings. The molecule has 0 saturated carbocycles. The summed E-state index contributed by atoms with van der Waals surface area (Å²) in [4.78, 5) is 14.5. The van der Waals surface area contributed by atoms with Crippen LogP contribution in [-0.2, 0) is 13.5 Å². The molecule has 0 spiro atoms. The molecule has 1 aliphatic carbocycles. The SMILES string of the molecule is Cn1ccn(-c2ccc(F)c(O[C@H]3c4cc(Cl)cc(Cl)c4C[C@@H]3N3CC[C@@H](O)C3)c2)c1=O. The van der Waals surface area contributed by atoms with Gasteiger partial charge >= 0.3 is 5.69 Å². The van der Waals surface area contributed by atoms with Crippen molar-refractivity contribution in [1.29, 1.82) is 0 Å². The lowest BCUT2D eigenvalue weighted by Gasteiger charge is -2.30. The number of halogens is 3. The van der Waals surface area contributed by atoms with Gasteiger partial charge in [-0.2, -0.15) is 0 Å². The van der Waals surface area contributed by atoms with Gasteiger partial charge in [0.25, 0.3) is 0 Å². The smallest absolute Gasteiger partial charge is 0.332 e. The second-order valence-corrected chi connectivity index (χ2v) is 9.22. The van der Waals surface area contributed by atoms with Gasteiger partial charge in [0.1, 0.15) is 6.10 Å². The fraction of sp³-hybridized carbons (Fsp3) is 0.348. The summed E-state index contributed by atoms with van der Waals surface area (Å²) < 4.78 is 24.0. The number of rotatable bonds is 4. The molecule has 168 valence electrons. The topological polar surface area (TPSA) is 59.6 Å². The molecule has 0 radical (unpaired) electrons. The van der Waals surface area contributed by atoms with Gasteiger partial charge in [-0.3, -0.25) is 9.47 Å². The van der Waals surface area contributed by atoms with Crippen LogP contribution in [0.1, 0.15) is 23.7 Å². The molecule has 1 saturated heterocycles. The summed E-state index contributed by atoms with van der Waals surface area (Å²) in [6.45, 7) is 1.23. The number of hydrogen-bond donors (Lipinski definition) is 1. The first-order valence-electron chi connectivity index (χ1n) is 10.4. The number of aromatic nitrogens is 2. The lowest BCUT2D eigenvalue weighted by Crippen LogP contribution is -2.39. The molecule has 2 aliphatic rings. The van der Waals surface area contributed by atoms with E-state index in [0.717, 1.165) is 11.1 Å². The first-order valence-corrected chi connectivity index (χ1v) is 11.2. The van der Waals surface area contributed by atoms with E-state index in [1.165, 1.54) is 27.3 Å². The van der Waals surface area contributed by atoms with Crippen LogP contribution in [0, 0.1) is 5.82 Å². The van der Waals surface area contributed by atoms with Gasteiger partial charge in [0, 0.05) is 54.2 Å². The number of benzene rings is 2. The van der Waals surface area contributed by atoms with E-state index in [2.05, 4.69) is 4.90 Å². The van der Waals surface area contributed by atoms with Crippen LogP contribution in [0.3, 0.4) is 0 Å². The number of hydrogen-bond acceptors (Lipinski definition) is 4. The lowest BCUT2D eigenvalue weighted by atomic mass is 10.1. The van der Waals surface area contributed by atoms with E-state index >= 15 is 0 Å². The standard InChI is InChI=1S/C23H22Cl2FN3O3/c1-27-6-7-29(23(27)31)14-2-3-19(26)21(10-14)32-22-17-8-13(24)9-18(25)16(17)11-20(22)28-5-4-15(30)12-28/h2-3,6-10,15,20,22,30H,4-5,11-12H2,1H3/t15-,20+,22+/m1/s1. The van der Waals surface area contributed by atoms with E-state index in [0.29, 0.717) is 41.7 Å². The summed E-state index contributed by atoms with van der Waals surface area (Å²) in [7, 11) is 1.65. The van der Waals surface area contributed by atoms with Gasteiger partial charge in [-0.05, 0) is 42.7 Å². The maximum Gasteiger partial charge on any atom is 0.332 e. The van der Waals surface area contributed by atoms with Crippen LogP contribution < -0.4 is 10.4 Å². The fourth-order valence-electron chi connectivity index (χ4n) is 4.68. The van der Waals surface area contributed by atoms with Crippen LogP contribution in [0.15, 0.2) is 47.5 Å². The average molecular weight is 478 g/mol. The summed E-state index contributed by atoms with van der Waals surface area (Å²) in [5.74, 6) is -0.489. The first kappa shape index (κ1) is 21.5. The molecule has 32 heavy (non-hydrogen) atoms. The van der Waals surface area contributed by atoms with Crippen molar-refractivity contribution in [3.8, 4) is 11.4 Å². The van der Waals surface area contributed by atoms with Gasteiger partial charge in [-0.25, -0.2) is 9.18 Å². The second kappa shape index (κ2) is 8.23. The lowest BCUT2D eigenvalue weighted by molar-refractivity contribution is 0.0790. The van der Waals surface area contributed by atoms with Gasteiger partial charge in [-0.15, -0.1) is 0 Å². The van der Waals surface area contributed by atoms with Gasteiger partial charge in [0.05, 0.1) is 17.8 Å². The van der Waals surface area contributed by atoms with Crippen molar-refractivity contribution in [1.82, 2.24) is 14.0 Å². The Balaban J connectivity index is 1.54. The van der Waals surface area contributed by atoms with Crippen molar-refractivity contribution in [2.45, 2.75) is 31.1 Å². The summed E-state index contributed by atoms with van der Waals surface area (Å²) in [5, 5.41) is 11.1. The molecule has 0 bridgehead atoms. The van der Waals surface area contributed by atoms with E-state index in [1.807, 2.05) is 6.07 Å². The zero-order chi connectivity index (χ0) is 22.6. The summed E-state index contributed by atoms with van der Waals surface area (Å²) in [6, 6.07) is 7.73. The van der Waals surface area contributed by atoms with E-state index in [1.54, 1.807) is 25.5 Å². The number of ether oxygens (including phenoxy) is 1. The maximum absolute atomic E-state index is 14.8. The Hall–Kier alpha value is -2.32. The number of aliphatic hydroxyl groups is 1. The van der Waals surface area contributed by atoms with E-state index < -0.39 is 18.0 Å². The van der Waals surface area contributed by atoms with Gasteiger partial charge in [0.2, 0.25) is 0 Å². The van der Waals surface area contributed by atoms with Crippen molar-refractivity contribution in [2.24, 2.45) is 7.05 Å². The Kier molecular flexibility index (Phi) is 5.53. The monoisotopic (exact) mass is 477 g/mol. The molecule has 2 aromatic carbocycles. The second-order valence-electron chi connectivity index (χ2n) is 8.38. The minimum atomic E-state index is -0.528. The highest BCUT2D eigenvalue weighted by Crippen LogP contribution is 2.43. The third-order valence-corrected chi connectivity index (χ3v) is 6.88. The third kappa shape index (κ3) is 3.73. The van der Waals surface area contributed by atoms with Crippen molar-refractivity contribution in [3.05, 3.63) is 80.2 Å². The Morgan fingerprint density at radius 3 is 2.69 bits per heavy atom. The molecule has 5 rings (SSSR count). The number of aryl methyl sites for hydroxylation is 1. The number of likely N-dealkylation sites (tertiary alicyclic amines) is 1. The summed E-state index contributed by atoms with van der Waals surface area (Å²) in [6.07, 6.45) is 3.63. The number of fused-ring (bicyclic) bond motifs is 1. The molecule has 1 aromatic heterocycles. The highest BCUT2D eigenvalue weighted by atomic mass is 35.5. The van der Waals surface area contributed by atoms with E-state index in [9.17, 15) is 14.3 Å². The Labute approximate surface area is 194 Å². The van der Waals surface area contributed by atoms with Crippen LogP contribution in [0.4, 0.5) is 4.39 Å². The maximum atomic E-state index is 14.8. The van der Waals surface area contributed by atoms with E-state index in [4.69, 9.17) is 27.9 Å². The van der Waals surface area contributed by atoms with Crippen molar-refractivity contribution in [2.75, 3.05) is 13.1 Å². The van der Waals surface area contributed by atoms with Crippen LogP contribution >= 0.6 is 23.2 Å². The Morgan fingerprint density at radius 2 is 2.00 bits per heavy atom. The van der Waals surface area contributed by atoms with Crippen LogP contribution in [0.25, 0.3) is 5.69 Å². The molecule has 6 nitrogen and oxygen atoms in total. The van der Waals surface area contributed by atoms with Crippen LogP contribution in [0.5, 0.6) is 5.75 Å². The molecule has 1 aliphatic heterocycles. The van der Waals surface area contributed by atoms with Crippen molar-refractivity contribution in [3.63, 3.8) is 0 Å². The summed E-state index contributed by atoms with van der Waals surface area (Å²) >= 11 is 12.8. The van der Waals surface area contributed by atoms with Crippen LogP contribution in [-0.4, -0.2) is 44.4 Å². The quantitative estimate of drug-likeness (QED) is 0.621. The third-order valence-electron chi connectivity index (χ3n) is 6.32. The molecular weight excluding hydrogens is 456 g/mol. The average Bonchev–Trinajstić information content (AvgIpc) is 3.42.